The molecule has 1 N–H and O–H groups in total. The van der Waals surface area contributed by atoms with Crippen LogP contribution in [-0.4, -0.2) is 42.5 Å². The number of hydrogen-bond acceptors (Lipinski definition) is 4. The molecule has 4 nitrogen and oxygen atoms in total. The van der Waals surface area contributed by atoms with E-state index in [-0.39, 0.29) is 16.9 Å². The number of likely N-dealkylation sites (tertiary alicyclic amines) is 1. The maximum Gasteiger partial charge on any atom is 0.165 e. The van der Waals surface area contributed by atoms with Crippen molar-refractivity contribution in [1.29, 1.82) is 0 Å². The van der Waals surface area contributed by atoms with Crippen LogP contribution in [0, 0.1) is 5.41 Å². The molecule has 0 unspecified atom stereocenters. The summed E-state index contributed by atoms with van der Waals surface area (Å²) in [6.45, 7) is 1.04. The first-order valence-electron chi connectivity index (χ1n) is 7.91. The van der Waals surface area contributed by atoms with E-state index in [9.17, 15) is 9.90 Å². The number of benzene rings is 1. The van der Waals surface area contributed by atoms with Crippen molar-refractivity contribution in [3.8, 4) is 11.5 Å². The number of ether oxygens (including phenoxy) is 1. The lowest BCUT2D eigenvalue weighted by Gasteiger charge is -2.46. The van der Waals surface area contributed by atoms with Crippen LogP contribution in [0.25, 0.3) is 5.57 Å². The fourth-order valence-corrected chi connectivity index (χ4v) is 4.71. The Morgan fingerprint density at radius 1 is 1.36 bits per heavy atom. The third-order valence-corrected chi connectivity index (χ3v) is 5.87. The van der Waals surface area contributed by atoms with E-state index in [1.165, 1.54) is 0 Å². The Labute approximate surface area is 130 Å². The van der Waals surface area contributed by atoms with Gasteiger partial charge in [-0.2, -0.15) is 0 Å². The Bertz CT molecular complexity index is 694. The second-order valence-corrected chi connectivity index (χ2v) is 6.78. The number of phenols is 1. The molecule has 22 heavy (non-hydrogen) atoms. The van der Waals surface area contributed by atoms with Gasteiger partial charge < -0.3 is 14.7 Å². The monoisotopic (exact) mass is 299 g/mol. The minimum absolute atomic E-state index is 0.0134. The van der Waals surface area contributed by atoms with Gasteiger partial charge >= 0.3 is 0 Å². The van der Waals surface area contributed by atoms with Crippen molar-refractivity contribution in [3.63, 3.8) is 0 Å². The van der Waals surface area contributed by atoms with Gasteiger partial charge in [0.2, 0.25) is 0 Å². The zero-order chi connectivity index (χ0) is 15.5. The molecule has 0 bridgehead atoms. The highest BCUT2D eigenvalue weighted by Crippen LogP contribution is 2.59. The van der Waals surface area contributed by atoms with Crippen molar-refractivity contribution in [2.45, 2.75) is 31.7 Å². The Kier molecular flexibility index (Phi) is 2.89. The number of phenolic OH excluding ortho intramolecular Hbond substituents is 1. The van der Waals surface area contributed by atoms with Crippen LogP contribution in [0.1, 0.15) is 30.4 Å². The van der Waals surface area contributed by atoms with Gasteiger partial charge in [-0.25, -0.2) is 0 Å². The molecular formula is C18H21NO3. The lowest BCUT2D eigenvalue weighted by Crippen LogP contribution is -2.45. The minimum atomic E-state index is 0.0134. The number of hydrogen-bond donors (Lipinski definition) is 1. The number of carbonyl (C=O) groups is 1. The number of rotatable bonds is 1. The predicted molar refractivity (Wildman–Crippen MR) is 84.0 cm³/mol. The molecule has 4 rings (SSSR count). The highest BCUT2D eigenvalue weighted by molar-refractivity contribution is 6.01. The van der Waals surface area contributed by atoms with E-state index in [0.29, 0.717) is 18.2 Å². The Morgan fingerprint density at radius 2 is 2.18 bits per heavy atom. The minimum Gasteiger partial charge on any atom is -0.504 e. The topological polar surface area (TPSA) is 49.8 Å². The third-order valence-electron chi connectivity index (χ3n) is 5.87. The Morgan fingerprint density at radius 3 is 2.95 bits per heavy atom. The van der Waals surface area contributed by atoms with E-state index in [1.807, 2.05) is 12.1 Å². The van der Waals surface area contributed by atoms with Gasteiger partial charge in [0.05, 0.1) is 7.11 Å². The molecule has 1 fully saturated rings. The third kappa shape index (κ3) is 1.64. The smallest absolute Gasteiger partial charge is 0.165 e. The molecule has 0 amide bonds. The lowest BCUT2D eigenvalue weighted by molar-refractivity contribution is -0.115. The maximum absolute atomic E-state index is 12.1. The molecule has 1 aliphatic heterocycles. The van der Waals surface area contributed by atoms with Gasteiger partial charge in [-0.15, -0.1) is 0 Å². The van der Waals surface area contributed by atoms with E-state index in [1.54, 1.807) is 13.2 Å². The van der Waals surface area contributed by atoms with Crippen molar-refractivity contribution >= 4 is 11.4 Å². The molecule has 1 aromatic carbocycles. The Balaban J connectivity index is 1.98. The number of allylic oxidation sites excluding steroid dienone is 1. The van der Waals surface area contributed by atoms with Crippen LogP contribution in [0.3, 0.4) is 0 Å². The molecule has 0 saturated carbocycles. The summed E-state index contributed by atoms with van der Waals surface area (Å²) in [4.78, 5) is 14.5. The molecule has 3 aliphatic rings. The highest BCUT2D eigenvalue weighted by atomic mass is 16.5. The van der Waals surface area contributed by atoms with Crippen LogP contribution in [-0.2, 0) is 11.2 Å². The molecule has 0 radical (unpaired) electrons. The van der Waals surface area contributed by atoms with E-state index in [0.717, 1.165) is 42.5 Å². The fraction of sp³-hybridized carbons (Fsp3) is 0.500. The first kappa shape index (κ1) is 13.8. The Hall–Kier alpha value is -1.81. The molecular weight excluding hydrogens is 278 g/mol. The molecule has 1 heterocycles. The zero-order valence-electron chi connectivity index (χ0n) is 13.1. The average Bonchev–Trinajstić information content (AvgIpc) is 2.83. The van der Waals surface area contributed by atoms with Gasteiger partial charge in [-0.3, -0.25) is 4.79 Å². The van der Waals surface area contributed by atoms with Crippen LogP contribution in [0.15, 0.2) is 18.2 Å². The van der Waals surface area contributed by atoms with Crippen molar-refractivity contribution in [2.75, 3.05) is 20.7 Å². The molecule has 1 aromatic rings. The van der Waals surface area contributed by atoms with Crippen LogP contribution >= 0.6 is 0 Å². The van der Waals surface area contributed by atoms with E-state index in [2.05, 4.69) is 11.9 Å². The van der Waals surface area contributed by atoms with Gasteiger partial charge in [-0.1, -0.05) is 6.07 Å². The molecule has 1 saturated heterocycles. The van der Waals surface area contributed by atoms with Crippen LogP contribution in [0.5, 0.6) is 11.5 Å². The molecule has 2 atom stereocenters. The lowest BCUT2D eigenvalue weighted by atomic mass is 9.60. The highest BCUT2D eigenvalue weighted by Gasteiger charge is 2.53. The number of fused-ring (bicyclic) bond motifs is 2. The molecule has 4 heteroatoms. The molecule has 0 aromatic heterocycles. The molecule has 116 valence electrons. The fourth-order valence-electron chi connectivity index (χ4n) is 4.71. The summed E-state index contributed by atoms with van der Waals surface area (Å²) in [5.41, 5.74) is 3.02. The summed E-state index contributed by atoms with van der Waals surface area (Å²) in [5.74, 6) is 0.843. The van der Waals surface area contributed by atoms with E-state index in [4.69, 9.17) is 4.74 Å². The van der Waals surface area contributed by atoms with Crippen molar-refractivity contribution in [2.24, 2.45) is 5.41 Å². The van der Waals surface area contributed by atoms with Crippen LogP contribution < -0.4 is 4.74 Å². The predicted octanol–water partition coefficient (Wildman–Crippen LogP) is 2.39. The zero-order valence-corrected chi connectivity index (χ0v) is 13.1. The van der Waals surface area contributed by atoms with Crippen molar-refractivity contribution < 1.29 is 14.6 Å². The van der Waals surface area contributed by atoms with E-state index >= 15 is 0 Å². The normalized spacial score (nSPS) is 30.4. The van der Waals surface area contributed by atoms with Gasteiger partial charge in [-0.05, 0) is 56.1 Å². The van der Waals surface area contributed by atoms with Crippen LogP contribution in [0.4, 0.5) is 0 Å². The first-order chi connectivity index (χ1) is 10.6. The second-order valence-electron chi connectivity index (χ2n) is 6.78. The average molecular weight is 299 g/mol. The quantitative estimate of drug-likeness (QED) is 0.865. The van der Waals surface area contributed by atoms with Crippen molar-refractivity contribution in [1.82, 2.24) is 4.90 Å². The summed E-state index contributed by atoms with van der Waals surface area (Å²) in [6, 6.07) is 4.28. The molecule has 2 aliphatic carbocycles. The summed E-state index contributed by atoms with van der Waals surface area (Å²) in [5, 5.41) is 10.7. The number of carbonyl (C=O) groups excluding carboxylic acids is 1. The maximum atomic E-state index is 12.1. The van der Waals surface area contributed by atoms with Gasteiger partial charge in [0, 0.05) is 23.4 Å². The number of ketones is 1. The van der Waals surface area contributed by atoms with Gasteiger partial charge in [0.25, 0.3) is 0 Å². The van der Waals surface area contributed by atoms with Crippen LogP contribution in [0.2, 0.25) is 0 Å². The van der Waals surface area contributed by atoms with Gasteiger partial charge in [0.1, 0.15) is 0 Å². The largest absolute Gasteiger partial charge is 0.504 e. The summed E-state index contributed by atoms with van der Waals surface area (Å²) < 4.78 is 5.28. The number of methoxy groups -OCH3 is 1. The van der Waals surface area contributed by atoms with Gasteiger partial charge in [0.15, 0.2) is 17.3 Å². The number of nitrogens with zero attached hydrogens (tertiary/aromatic N) is 1. The number of aromatic hydroxyl groups is 1. The molecule has 1 spiro atoms. The van der Waals surface area contributed by atoms with Crippen molar-refractivity contribution in [3.05, 3.63) is 29.3 Å². The first-order valence-corrected chi connectivity index (χ1v) is 7.91. The standard InChI is InChI=1S/C18H21NO3/c1-19-8-7-18-6-5-12(20)10-13(18)16-11(9-15(18)19)3-4-14(22-2)17(16)21/h3-4,10,15,21H,5-9H2,1-2H3/t15-,18+/m1/s1. The SMILES string of the molecule is COc1ccc2c(c1O)C1=CC(=O)CC[C@]13CCN(C)[C@@H]3C2. The summed E-state index contributed by atoms with van der Waals surface area (Å²) in [6.07, 6.45) is 5.28. The van der Waals surface area contributed by atoms with E-state index < -0.39 is 0 Å². The summed E-state index contributed by atoms with van der Waals surface area (Å²) in [7, 11) is 3.73. The number of likely N-dealkylation sites (N-methyl/N-ethyl adjacent to an activating group) is 1. The second kappa shape index (κ2) is 4.59. The summed E-state index contributed by atoms with van der Waals surface area (Å²) >= 11 is 0.